The van der Waals surface area contributed by atoms with Gasteiger partial charge in [-0.3, -0.25) is 5.32 Å². The standard InChI is InChI=1S/C33H29F5N4O4/c1-19-26-28(30(40-18-39-26)45-17-33(36,37)38)42(27(19)21-10-12-22(13-11-21)41-31(43)46-32(2,3)4)23-14-24(34)29(25(35)15-23)44-16-20-8-6-5-7-9-20/h5-15,18H,16-17H2,1-4H3,(H,41,43). The second-order valence-electron chi connectivity index (χ2n) is 11.3. The van der Waals surface area contributed by atoms with Crippen molar-refractivity contribution in [3.63, 3.8) is 0 Å². The zero-order valence-electron chi connectivity index (χ0n) is 25.2. The monoisotopic (exact) mass is 640 g/mol. The number of ether oxygens (including phenoxy) is 3. The molecule has 0 fully saturated rings. The van der Waals surface area contributed by atoms with E-state index in [0.717, 1.165) is 18.5 Å². The number of carbonyl (C=O) groups is 1. The third-order valence-corrected chi connectivity index (χ3v) is 6.59. The van der Waals surface area contributed by atoms with Gasteiger partial charge in [0.1, 0.15) is 24.1 Å². The number of fused-ring (bicyclic) bond motifs is 1. The van der Waals surface area contributed by atoms with Crippen LogP contribution in [0, 0.1) is 18.6 Å². The minimum Gasteiger partial charge on any atom is -0.483 e. The minimum atomic E-state index is -4.68. The van der Waals surface area contributed by atoms with Crippen molar-refractivity contribution in [2.75, 3.05) is 11.9 Å². The van der Waals surface area contributed by atoms with Crippen LogP contribution in [0.25, 0.3) is 28.0 Å². The lowest BCUT2D eigenvalue weighted by molar-refractivity contribution is -0.153. The number of benzene rings is 3. The zero-order chi connectivity index (χ0) is 33.2. The average molecular weight is 641 g/mol. The molecule has 13 heteroatoms. The lowest BCUT2D eigenvalue weighted by Gasteiger charge is -2.19. The molecular weight excluding hydrogens is 611 g/mol. The van der Waals surface area contributed by atoms with Crippen molar-refractivity contribution < 1.29 is 41.0 Å². The summed E-state index contributed by atoms with van der Waals surface area (Å²) in [5.41, 5.74) is 1.73. The Morgan fingerprint density at radius 3 is 2.17 bits per heavy atom. The molecule has 3 aromatic carbocycles. The Morgan fingerprint density at radius 1 is 0.913 bits per heavy atom. The Bertz CT molecular complexity index is 1850. The van der Waals surface area contributed by atoms with E-state index in [-0.39, 0.29) is 23.3 Å². The van der Waals surface area contributed by atoms with Crippen molar-refractivity contribution in [3.05, 3.63) is 95.8 Å². The topological polar surface area (TPSA) is 87.5 Å². The molecule has 1 N–H and O–H groups in total. The van der Waals surface area contributed by atoms with Crippen molar-refractivity contribution in [3.8, 4) is 28.6 Å². The van der Waals surface area contributed by atoms with Gasteiger partial charge in [0.15, 0.2) is 24.0 Å². The fraction of sp³-hybridized carbons (Fsp3) is 0.242. The Hall–Kier alpha value is -5.20. The Kier molecular flexibility index (Phi) is 8.86. The fourth-order valence-corrected chi connectivity index (χ4v) is 4.77. The number of anilines is 1. The van der Waals surface area contributed by atoms with Gasteiger partial charge in [-0.05, 0) is 51.0 Å². The number of halogens is 5. The first-order valence-electron chi connectivity index (χ1n) is 14.0. The fourth-order valence-electron chi connectivity index (χ4n) is 4.77. The molecular formula is C33H29F5N4O4. The maximum absolute atomic E-state index is 15.5. The number of nitrogens with zero attached hydrogens (tertiary/aromatic N) is 3. The van der Waals surface area contributed by atoms with Crippen LogP contribution in [0.4, 0.5) is 32.4 Å². The Balaban J connectivity index is 1.61. The second kappa shape index (κ2) is 12.7. The van der Waals surface area contributed by atoms with E-state index < -0.39 is 47.7 Å². The van der Waals surface area contributed by atoms with Gasteiger partial charge in [-0.2, -0.15) is 18.2 Å². The number of aryl methyl sites for hydroxylation is 1. The summed E-state index contributed by atoms with van der Waals surface area (Å²) in [5.74, 6) is -3.14. The van der Waals surface area contributed by atoms with Crippen molar-refractivity contribution in [2.45, 2.75) is 46.1 Å². The minimum absolute atomic E-state index is 0.0352. The molecule has 0 aliphatic heterocycles. The maximum atomic E-state index is 15.5. The lowest BCUT2D eigenvalue weighted by atomic mass is 10.1. The predicted octanol–water partition coefficient (Wildman–Crippen LogP) is 8.54. The summed E-state index contributed by atoms with van der Waals surface area (Å²) in [6.45, 7) is 5.07. The Labute approximate surface area is 260 Å². The van der Waals surface area contributed by atoms with Crippen LogP contribution in [0.1, 0.15) is 31.9 Å². The summed E-state index contributed by atoms with van der Waals surface area (Å²) in [6, 6.07) is 17.2. The van der Waals surface area contributed by atoms with Gasteiger partial charge in [0.2, 0.25) is 5.88 Å². The molecule has 0 unspecified atom stereocenters. The summed E-state index contributed by atoms with van der Waals surface area (Å²) < 4.78 is 87.6. The second-order valence-corrected chi connectivity index (χ2v) is 11.3. The highest BCUT2D eigenvalue weighted by Crippen LogP contribution is 2.40. The van der Waals surface area contributed by atoms with Gasteiger partial charge in [-0.1, -0.05) is 42.5 Å². The van der Waals surface area contributed by atoms with E-state index in [4.69, 9.17) is 14.2 Å². The predicted molar refractivity (Wildman–Crippen MR) is 161 cm³/mol. The number of amides is 1. The lowest BCUT2D eigenvalue weighted by Crippen LogP contribution is -2.27. The third-order valence-electron chi connectivity index (χ3n) is 6.59. The first kappa shape index (κ1) is 32.2. The number of carbonyl (C=O) groups excluding carboxylic acids is 1. The van der Waals surface area contributed by atoms with Crippen molar-refractivity contribution in [1.82, 2.24) is 14.5 Å². The van der Waals surface area contributed by atoms with Gasteiger partial charge in [-0.25, -0.2) is 18.6 Å². The molecule has 0 aliphatic carbocycles. The maximum Gasteiger partial charge on any atom is 0.422 e. The van der Waals surface area contributed by atoms with Crippen LogP contribution in [0.5, 0.6) is 11.6 Å². The van der Waals surface area contributed by atoms with Crippen LogP contribution in [0.2, 0.25) is 0 Å². The highest BCUT2D eigenvalue weighted by Gasteiger charge is 2.31. The number of nitrogens with one attached hydrogen (secondary N) is 1. The molecule has 0 aliphatic rings. The third kappa shape index (κ3) is 7.36. The van der Waals surface area contributed by atoms with E-state index in [1.54, 1.807) is 82.3 Å². The van der Waals surface area contributed by atoms with Crippen molar-refractivity contribution >= 4 is 22.8 Å². The molecule has 0 bridgehead atoms. The summed E-state index contributed by atoms with van der Waals surface area (Å²) in [5, 5.41) is 2.62. The summed E-state index contributed by atoms with van der Waals surface area (Å²) >= 11 is 0. The Morgan fingerprint density at radius 2 is 1.57 bits per heavy atom. The normalized spacial score (nSPS) is 11.8. The number of aromatic nitrogens is 3. The zero-order valence-corrected chi connectivity index (χ0v) is 25.2. The molecule has 0 atom stereocenters. The van der Waals surface area contributed by atoms with Crippen LogP contribution < -0.4 is 14.8 Å². The van der Waals surface area contributed by atoms with Crippen LogP contribution >= 0.6 is 0 Å². The first-order valence-corrected chi connectivity index (χ1v) is 14.0. The quantitative estimate of drug-likeness (QED) is 0.171. The van der Waals surface area contributed by atoms with E-state index in [1.165, 1.54) is 4.57 Å². The molecule has 0 radical (unpaired) electrons. The molecule has 2 heterocycles. The molecule has 0 saturated carbocycles. The van der Waals surface area contributed by atoms with Crippen LogP contribution in [-0.2, 0) is 11.3 Å². The van der Waals surface area contributed by atoms with Crippen LogP contribution in [-0.4, -0.2) is 39.0 Å². The van der Waals surface area contributed by atoms with Gasteiger partial charge in [0.25, 0.3) is 0 Å². The van der Waals surface area contributed by atoms with Gasteiger partial charge in [0.05, 0.1) is 16.9 Å². The summed E-state index contributed by atoms with van der Waals surface area (Å²) in [6.07, 6.45) is -4.31. The molecule has 46 heavy (non-hydrogen) atoms. The largest absolute Gasteiger partial charge is 0.483 e. The van der Waals surface area contributed by atoms with Crippen LogP contribution in [0.15, 0.2) is 73.1 Å². The number of hydrogen-bond acceptors (Lipinski definition) is 6. The average Bonchev–Trinajstić information content (AvgIpc) is 3.28. The molecule has 0 spiro atoms. The summed E-state index contributed by atoms with van der Waals surface area (Å²) in [7, 11) is 0. The van der Waals surface area contributed by atoms with E-state index in [2.05, 4.69) is 15.3 Å². The number of alkyl halides is 3. The van der Waals surface area contributed by atoms with Crippen molar-refractivity contribution in [2.24, 2.45) is 0 Å². The molecule has 0 saturated heterocycles. The molecule has 240 valence electrons. The number of hydrogen-bond donors (Lipinski definition) is 1. The number of rotatable bonds is 8. The smallest absolute Gasteiger partial charge is 0.422 e. The van der Waals surface area contributed by atoms with Crippen LogP contribution in [0.3, 0.4) is 0 Å². The van der Waals surface area contributed by atoms with Crippen molar-refractivity contribution in [1.29, 1.82) is 0 Å². The van der Waals surface area contributed by atoms with Gasteiger partial charge < -0.3 is 18.8 Å². The van der Waals surface area contributed by atoms with E-state index in [1.807, 2.05) is 0 Å². The molecule has 5 aromatic rings. The molecule has 1 amide bonds. The molecule has 2 aromatic heterocycles. The van der Waals surface area contributed by atoms with Gasteiger partial charge in [-0.15, -0.1) is 0 Å². The van der Waals surface area contributed by atoms with E-state index in [9.17, 15) is 18.0 Å². The van der Waals surface area contributed by atoms with E-state index in [0.29, 0.717) is 28.1 Å². The van der Waals surface area contributed by atoms with Gasteiger partial charge in [0, 0.05) is 23.4 Å². The summed E-state index contributed by atoms with van der Waals surface area (Å²) in [4.78, 5) is 20.4. The SMILES string of the molecule is Cc1c(-c2ccc(NC(=O)OC(C)(C)C)cc2)n(-c2cc(F)c(OCc3ccccc3)c(F)c2)c2c(OCC(F)(F)F)ncnc12. The molecule has 5 rings (SSSR count). The van der Waals surface area contributed by atoms with Gasteiger partial charge >= 0.3 is 12.3 Å². The first-order chi connectivity index (χ1) is 21.7. The van der Waals surface area contributed by atoms with E-state index >= 15 is 8.78 Å². The molecule has 8 nitrogen and oxygen atoms in total. The highest BCUT2D eigenvalue weighted by molar-refractivity contribution is 5.94. The highest BCUT2D eigenvalue weighted by atomic mass is 19.4.